The molecular weight excluding hydrogens is 342 g/mol. The molecule has 0 aromatic heterocycles. The van der Waals surface area contributed by atoms with E-state index in [0.717, 1.165) is 10.0 Å². The van der Waals surface area contributed by atoms with Crippen molar-refractivity contribution < 1.29 is 19.5 Å². The number of amides is 3. The van der Waals surface area contributed by atoms with Crippen LogP contribution < -0.4 is 16.4 Å². The maximum absolute atomic E-state index is 11.7. The lowest BCUT2D eigenvalue weighted by molar-refractivity contribution is -0.139. The van der Waals surface area contributed by atoms with E-state index in [1.807, 2.05) is 24.3 Å². The lowest BCUT2D eigenvalue weighted by atomic mass is 10.1. The number of urea groups is 1. The third-order valence-electron chi connectivity index (χ3n) is 2.68. The summed E-state index contributed by atoms with van der Waals surface area (Å²) in [5, 5.41) is 13.8. The van der Waals surface area contributed by atoms with E-state index in [1.54, 1.807) is 0 Å². The second kappa shape index (κ2) is 8.25. The molecule has 3 amide bonds. The number of aliphatic carboxylic acids is 1. The number of hydrogen-bond donors (Lipinski definition) is 4. The Morgan fingerprint density at radius 3 is 2.52 bits per heavy atom. The molecule has 0 bridgehead atoms. The zero-order valence-corrected chi connectivity index (χ0v) is 12.7. The standard InChI is InChI=1S/C13H16BrN3O4/c14-9-4-2-1-3-8(9)7-16-13(21)17-10(12(19)20)5-6-11(15)18/h1-4,10H,5-7H2,(H2,15,18)(H,19,20)(H2,16,17,21). The van der Waals surface area contributed by atoms with Gasteiger partial charge >= 0.3 is 12.0 Å². The first-order valence-electron chi connectivity index (χ1n) is 6.19. The molecule has 1 atom stereocenters. The first-order valence-corrected chi connectivity index (χ1v) is 6.98. The summed E-state index contributed by atoms with van der Waals surface area (Å²) in [6.07, 6.45) is -0.158. The number of halogens is 1. The van der Waals surface area contributed by atoms with Gasteiger partial charge in [0.1, 0.15) is 6.04 Å². The van der Waals surface area contributed by atoms with Gasteiger partial charge in [-0.3, -0.25) is 4.79 Å². The van der Waals surface area contributed by atoms with Gasteiger partial charge in [0.25, 0.3) is 0 Å². The van der Waals surface area contributed by atoms with Crippen LogP contribution in [0, 0.1) is 0 Å². The fourth-order valence-corrected chi connectivity index (χ4v) is 2.00. The third-order valence-corrected chi connectivity index (χ3v) is 3.45. The monoisotopic (exact) mass is 357 g/mol. The largest absolute Gasteiger partial charge is 0.480 e. The van der Waals surface area contributed by atoms with E-state index in [9.17, 15) is 14.4 Å². The molecule has 5 N–H and O–H groups in total. The topological polar surface area (TPSA) is 122 Å². The number of rotatable bonds is 7. The molecule has 1 rings (SSSR count). The molecule has 8 heteroatoms. The van der Waals surface area contributed by atoms with E-state index >= 15 is 0 Å². The van der Waals surface area contributed by atoms with Crippen LogP contribution in [0.2, 0.25) is 0 Å². The van der Waals surface area contributed by atoms with E-state index < -0.39 is 23.9 Å². The van der Waals surface area contributed by atoms with Crippen molar-refractivity contribution in [2.45, 2.75) is 25.4 Å². The van der Waals surface area contributed by atoms with Crippen molar-refractivity contribution in [1.82, 2.24) is 10.6 Å². The Kier molecular flexibility index (Phi) is 6.67. The van der Waals surface area contributed by atoms with Crippen LogP contribution in [-0.4, -0.2) is 29.1 Å². The normalized spacial score (nSPS) is 11.5. The molecule has 0 heterocycles. The zero-order valence-electron chi connectivity index (χ0n) is 11.1. The van der Waals surface area contributed by atoms with Gasteiger partial charge in [-0.15, -0.1) is 0 Å². The minimum atomic E-state index is -1.22. The molecule has 1 unspecified atom stereocenters. The van der Waals surface area contributed by atoms with Crippen LogP contribution in [0.4, 0.5) is 4.79 Å². The summed E-state index contributed by atoms with van der Waals surface area (Å²) in [6, 6.07) is 5.55. The van der Waals surface area contributed by atoms with Gasteiger partial charge in [0, 0.05) is 17.4 Å². The SMILES string of the molecule is NC(=O)CCC(NC(=O)NCc1ccccc1Br)C(=O)O. The third kappa shape index (κ3) is 6.26. The van der Waals surface area contributed by atoms with Crippen LogP contribution in [0.1, 0.15) is 18.4 Å². The van der Waals surface area contributed by atoms with Crippen molar-refractivity contribution in [3.8, 4) is 0 Å². The highest BCUT2D eigenvalue weighted by Crippen LogP contribution is 2.15. The smallest absolute Gasteiger partial charge is 0.326 e. The molecule has 0 aliphatic carbocycles. The number of carbonyl (C=O) groups excluding carboxylic acids is 2. The van der Waals surface area contributed by atoms with Gasteiger partial charge in [-0.25, -0.2) is 9.59 Å². The molecule has 0 saturated heterocycles. The lowest BCUT2D eigenvalue weighted by Gasteiger charge is -2.14. The van der Waals surface area contributed by atoms with Crippen LogP contribution in [0.25, 0.3) is 0 Å². The van der Waals surface area contributed by atoms with Crippen molar-refractivity contribution in [3.05, 3.63) is 34.3 Å². The summed E-state index contributed by atoms with van der Waals surface area (Å²) in [6.45, 7) is 0.245. The highest BCUT2D eigenvalue weighted by atomic mass is 79.9. The van der Waals surface area contributed by atoms with Crippen LogP contribution in [-0.2, 0) is 16.1 Å². The summed E-state index contributed by atoms with van der Waals surface area (Å²) in [5.41, 5.74) is 5.82. The van der Waals surface area contributed by atoms with Gasteiger partial charge < -0.3 is 21.5 Å². The highest BCUT2D eigenvalue weighted by molar-refractivity contribution is 9.10. The van der Waals surface area contributed by atoms with Crippen LogP contribution in [0.15, 0.2) is 28.7 Å². The Morgan fingerprint density at radius 1 is 1.29 bits per heavy atom. The van der Waals surface area contributed by atoms with Crippen molar-refractivity contribution in [3.63, 3.8) is 0 Å². The van der Waals surface area contributed by atoms with Gasteiger partial charge in [-0.2, -0.15) is 0 Å². The van der Waals surface area contributed by atoms with Crippen molar-refractivity contribution >= 4 is 33.8 Å². The van der Waals surface area contributed by atoms with E-state index in [2.05, 4.69) is 26.6 Å². The Morgan fingerprint density at radius 2 is 1.95 bits per heavy atom. The second-order valence-corrected chi connectivity index (χ2v) is 5.17. The Hall–Kier alpha value is -2.09. The molecule has 0 fully saturated rings. The van der Waals surface area contributed by atoms with Crippen LogP contribution in [0.5, 0.6) is 0 Å². The van der Waals surface area contributed by atoms with Gasteiger partial charge in [-0.05, 0) is 18.1 Å². The summed E-state index contributed by atoms with van der Waals surface area (Å²) < 4.78 is 0.841. The average Bonchev–Trinajstić information content (AvgIpc) is 2.42. The number of carboxylic acids is 1. The molecule has 0 radical (unpaired) electrons. The lowest BCUT2D eigenvalue weighted by Crippen LogP contribution is -2.46. The number of benzene rings is 1. The molecule has 1 aromatic rings. The number of carboxylic acid groups (broad SMARTS) is 1. The molecule has 7 nitrogen and oxygen atoms in total. The molecule has 114 valence electrons. The molecule has 0 spiro atoms. The molecule has 0 aliphatic rings. The summed E-state index contributed by atoms with van der Waals surface area (Å²) in [7, 11) is 0. The van der Waals surface area contributed by atoms with Crippen molar-refractivity contribution in [2.75, 3.05) is 0 Å². The fourth-order valence-electron chi connectivity index (χ4n) is 1.57. The van der Waals surface area contributed by atoms with Gasteiger partial charge in [0.15, 0.2) is 0 Å². The van der Waals surface area contributed by atoms with Crippen molar-refractivity contribution in [2.24, 2.45) is 5.73 Å². The van der Waals surface area contributed by atoms with Crippen LogP contribution >= 0.6 is 15.9 Å². The molecular formula is C13H16BrN3O4. The average molecular weight is 358 g/mol. The maximum Gasteiger partial charge on any atom is 0.326 e. The molecule has 1 aromatic carbocycles. The quantitative estimate of drug-likeness (QED) is 0.580. The van der Waals surface area contributed by atoms with E-state index in [1.165, 1.54) is 0 Å². The zero-order chi connectivity index (χ0) is 15.8. The predicted octanol–water partition coefficient (Wildman–Crippen LogP) is 0.967. The highest BCUT2D eigenvalue weighted by Gasteiger charge is 2.20. The maximum atomic E-state index is 11.7. The van der Waals surface area contributed by atoms with Gasteiger partial charge in [0.05, 0.1) is 0 Å². The van der Waals surface area contributed by atoms with E-state index in [-0.39, 0.29) is 19.4 Å². The molecule has 0 saturated carbocycles. The van der Waals surface area contributed by atoms with E-state index in [0.29, 0.717) is 0 Å². The Bertz CT molecular complexity index is 536. The number of nitrogens with one attached hydrogen (secondary N) is 2. The Balaban J connectivity index is 2.49. The predicted molar refractivity (Wildman–Crippen MR) is 79.4 cm³/mol. The minimum Gasteiger partial charge on any atom is -0.480 e. The summed E-state index contributed by atoms with van der Waals surface area (Å²) >= 11 is 3.34. The van der Waals surface area contributed by atoms with Gasteiger partial charge in [0.2, 0.25) is 5.91 Å². The number of carbonyl (C=O) groups is 3. The summed E-state index contributed by atoms with van der Waals surface area (Å²) in [5.74, 6) is -1.83. The molecule has 0 aliphatic heterocycles. The first kappa shape index (κ1) is 17.0. The van der Waals surface area contributed by atoms with E-state index in [4.69, 9.17) is 10.8 Å². The van der Waals surface area contributed by atoms with Crippen molar-refractivity contribution in [1.29, 1.82) is 0 Å². The Labute approximate surface area is 130 Å². The summed E-state index contributed by atoms with van der Waals surface area (Å²) in [4.78, 5) is 33.3. The second-order valence-electron chi connectivity index (χ2n) is 4.31. The number of hydrogen-bond acceptors (Lipinski definition) is 3. The minimum absolute atomic E-state index is 0.0485. The van der Waals surface area contributed by atoms with Crippen LogP contribution in [0.3, 0.4) is 0 Å². The first-order chi connectivity index (χ1) is 9.90. The number of nitrogens with two attached hydrogens (primary N) is 1. The van der Waals surface area contributed by atoms with Gasteiger partial charge in [-0.1, -0.05) is 34.1 Å². The number of primary amides is 1. The fraction of sp³-hybridized carbons (Fsp3) is 0.308. The molecule has 21 heavy (non-hydrogen) atoms.